The second kappa shape index (κ2) is 5.21. The van der Waals surface area contributed by atoms with Crippen LogP contribution in [0.1, 0.15) is 21.7 Å². The minimum atomic E-state index is -1.06. The van der Waals surface area contributed by atoms with Crippen LogP contribution in [0.4, 0.5) is 9.80 Å². The highest BCUT2D eigenvalue weighted by molar-refractivity contribution is 7.14. The molecule has 0 radical (unpaired) electrons. The summed E-state index contributed by atoms with van der Waals surface area (Å²) in [5.74, 6) is -1.06. The fraction of sp³-hybridized carbons (Fsp3) is 0.308. The number of amides is 2. The number of fused-ring (bicyclic) bond motifs is 1. The lowest BCUT2D eigenvalue weighted by molar-refractivity contribution is 0.0687. The van der Waals surface area contributed by atoms with Crippen LogP contribution < -0.4 is 5.32 Å². The molecule has 0 saturated heterocycles. The lowest BCUT2D eigenvalue weighted by Gasteiger charge is -2.27. The van der Waals surface area contributed by atoms with Crippen molar-refractivity contribution in [2.75, 3.05) is 11.9 Å². The number of thiophene rings is 1. The van der Waals surface area contributed by atoms with Gasteiger partial charge in [-0.1, -0.05) is 0 Å². The first-order valence-electron chi connectivity index (χ1n) is 6.43. The Morgan fingerprint density at radius 1 is 1.48 bits per heavy atom. The van der Waals surface area contributed by atoms with E-state index in [9.17, 15) is 14.7 Å². The fourth-order valence-electron chi connectivity index (χ4n) is 2.47. The highest BCUT2D eigenvalue weighted by Crippen LogP contribution is 2.23. The van der Waals surface area contributed by atoms with Crippen LogP contribution in [-0.2, 0) is 20.0 Å². The summed E-state index contributed by atoms with van der Waals surface area (Å²) >= 11 is 1.44. The zero-order valence-electron chi connectivity index (χ0n) is 11.4. The van der Waals surface area contributed by atoms with Gasteiger partial charge in [0, 0.05) is 31.3 Å². The minimum absolute atomic E-state index is 0.0288. The molecule has 110 valence electrons. The van der Waals surface area contributed by atoms with Crippen molar-refractivity contribution in [3.8, 4) is 0 Å². The van der Waals surface area contributed by atoms with E-state index in [1.165, 1.54) is 11.3 Å². The standard InChI is InChI=1S/C13H14N4O3S/c1-16-9-4-5-17(7-8(9)11(15-16)12(18)19)13(20)14-10-3-2-6-21-10/h2-3,6H,4-5,7H2,1H3,(H,14,20)(H,18,19). The quantitative estimate of drug-likeness (QED) is 0.885. The van der Waals surface area contributed by atoms with Gasteiger partial charge in [-0.2, -0.15) is 5.10 Å². The topological polar surface area (TPSA) is 87.5 Å². The Labute approximate surface area is 124 Å². The third-order valence-corrected chi connectivity index (χ3v) is 4.27. The van der Waals surface area contributed by atoms with Gasteiger partial charge in [0.1, 0.15) is 0 Å². The van der Waals surface area contributed by atoms with Crippen molar-refractivity contribution in [2.24, 2.45) is 7.05 Å². The van der Waals surface area contributed by atoms with Gasteiger partial charge in [0.05, 0.1) is 11.5 Å². The number of aryl methyl sites for hydroxylation is 1. The summed E-state index contributed by atoms with van der Waals surface area (Å²) in [6.07, 6.45) is 0.601. The zero-order chi connectivity index (χ0) is 15.0. The molecule has 7 nitrogen and oxygen atoms in total. The summed E-state index contributed by atoms with van der Waals surface area (Å²) in [6, 6.07) is 3.46. The largest absolute Gasteiger partial charge is 0.476 e. The Kier molecular flexibility index (Phi) is 3.38. The SMILES string of the molecule is Cn1nc(C(=O)O)c2c1CCN(C(=O)Nc1cccs1)C2. The van der Waals surface area contributed by atoms with Crippen LogP contribution in [0.15, 0.2) is 17.5 Å². The highest BCUT2D eigenvalue weighted by atomic mass is 32.1. The number of hydrogen-bond donors (Lipinski definition) is 2. The van der Waals surface area contributed by atoms with E-state index in [-0.39, 0.29) is 18.3 Å². The molecule has 3 heterocycles. The van der Waals surface area contributed by atoms with E-state index in [0.29, 0.717) is 18.5 Å². The Hall–Kier alpha value is -2.35. The lowest BCUT2D eigenvalue weighted by atomic mass is 10.1. The molecular weight excluding hydrogens is 292 g/mol. The maximum atomic E-state index is 12.2. The smallest absolute Gasteiger partial charge is 0.356 e. The van der Waals surface area contributed by atoms with Gasteiger partial charge in [-0.25, -0.2) is 9.59 Å². The van der Waals surface area contributed by atoms with E-state index in [4.69, 9.17) is 0 Å². The van der Waals surface area contributed by atoms with Crippen molar-refractivity contribution in [1.82, 2.24) is 14.7 Å². The van der Waals surface area contributed by atoms with Crippen LogP contribution in [0.2, 0.25) is 0 Å². The molecule has 8 heteroatoms. The summed E-state index contributed by atoms with van der Waals surface area (Å²) in [5, 5.41) is 18.7. The number of rotatable bonds is 2. The highest BCUT2D eigenvalue weighted by Gasteiger charge is 2.29. The third-order valence-electron chi connectivity index (χ3n) is 3.48. The first-order valence-corrected chi connectivity index (χ1v) is 7.31. The Morgan fingerprint density at radius 3 is 2.95 bits per heavy atom. The third kappa shape index (κ3) is 2.49. The van der Waals surface area contributed by atoms with Crippen molar-refractivity contribution in [3.63, 3.8) is 0 Å². The van der Waals surface area contributed by atoms with E-state index in [1.54, 1.807) is 16.6 Å². The summed E-state index contributed by atoms with van der Waals surface area (Å²) < 4.78 is 1.59. The van der Waals surface area contributed by atoms with E-state index in [1.807, 2.05) is 17.5 Å². The van der Waals surface area contributed by atoms with Crippen molar-refractivity contribution >= 4 is 28.3 Å². The predicted octanol–water partition coefficient (Wildman–Crippen LogP) is 1.77. The van der Waals surface area contributed by atoms with Crippen molar-refractivity contribution in [2.45, 2.75) is 13.0 Å². The van der Waals surface area contributed by atoms with E-state index in [2.05, 4.69) is 10.4 Å². The van der Waals surface area contributed by atoms with Gasteiger partial charge in [-0.05, 0) is 17.5 Å². The number of aromatic carboxylic acids is 1. The second-order valence-corrected chi connectivity index (χ2v) is 5.73. The minimum Gasteiger partial charge on any atom is -0.476 e. The zero-order valence-corrected chi connectivity index (χ0v) is 12.2. The molecule has 0 spiro atoms. The van der Waals surface area contributed by atoms with E-state index in [0.717, 1.165) is 10.7 Å². The molecular formula is C13H14N4O3S. The molecule has 2 aromatic rings. The number of urea groups is 1. The van der Waals surface area contributed by atoms with E-state index < -0.39 is 5.97 Å². The van der Waals surface area contributed by atoms with Crippen molar-refractivity contribution < 1.29 is 14.7 Å². The van der Waals surface area contributed by atoms with Crippen LogP contribution >= 0.6 is 11.3 Å². The predicted molar refractivity (Wildman–Crippen MR) is 77.6 cm³/mol. The normalized spacial score (nSPS) is 13.9. The van der Waals surface area contributed by atoms with Gasteiger partial charge < -0.3 is 10.0 Å². The van der Waals surface area contributed by atoms with Gasteiger partial charge in [-0.15, -0.1) is 11.3 Å². The first-order chi connectivity index (χ1) is 10.1. The number of nitrogens with one attached hydrogen (secondary N) is 1. The molecule has 2 aromatic heterocycles. The average Bonchev–Trinajstić information content (AvgIpc) is 3.07. The Morgan fingerprint density at radius 2 is 2.29 bits per heavy atom. The van der Waals surface area contributed by atoms with Crippen molar-refractivity contribution in [3.05, 3.63) is 34.5 Å². The number of carbonyl (C=O) groups is 2. The molecule has 3 rings (SSSR count). The average molecular weight is 306 g/mol. The molecule has 1 aliphatic rings. The number of carboxylic acid groups (broad SMARTS) is 1. The number of carboxylic acids is 1. The maximum absolute atomic E-state index is 12.2. The Balaban J connectivity index is 1.80. The molecule has 0 atom stereocenters. The van der Waals surface area contributed by atoms with Crippen LogP contribution in [0.5, 0.6) is 0 Å². The Bertz CT molecular complexity index is 693. The molecule has 21 heavy (non-hydrogen) atoms. The van der Waals surface area contributed by atoms with E-state index >= 15 is 0 Å². The molecule has 0 saturated carbocycles. The van der Waals surface area contributed by atoms with Gasteiger partial charge in [0.15, 0.2) is 5.69 Å². The number of nitrogens with zero attached hydrogens (tertiary/aromatic N) is 3. The van der Waals surface area contributed by atoms with Gasteiger partial charge in [-0.3, -0.25) is 10.00 Å². The molecule has 0 fully saturated rings. The van der Waals surface area contributed by atoms with Gasteiger partial charge in [0.2, 0.25) is 0 Å². The van der Waals surface area contributed by atoms with Crippen LogP contribution in [-0.4, -0.2) is 38.3 Å². The maximum Gasteiger partial charge on any atom is 0.356 e. The van der Waals surface area contributed by atoms with Crippen LogP contribution in [0.25, 0.3) is 0 Å². The summed E-state index contributed by atoms with van der Waals surface area (Å²) in [7, 11) is 1.73. The molecule has 2 amide bonds. The molecule has 0 aromatic carbocycles. The number of anilines is 1. The number of hydrogen-bond acceptors (Lipinski definition) is 4. The lowest BCUT2D eigenvalue weighted by Crippen LogP contribution is -2.39. The molecule has 0 bridgehead atoms. The molecule has 1 aliphatic heterocycles. The number of aromatic nitrogens is 2. The summed E-state index contributed by atoms with van der Waals surface area (Å²) in [4.78, 5) is 25.0. The molecule has 0 aliphatic carbocycles. The van der Waals surface area contributed by atoms with Crippen molar-refractivity contribution in [1.29, 1.82) is 0 Å². The summed E-state index contributed by atoms with van der Waals surface area (Å²) in [5.41, 5.74) is 1.53. The second-order valence-electron chi connectivity index (χ2n) is 4.78. The number of carbonyl (C=O) groups excluding carboxylic acids is 1. The van der Waals surface area contributed by atoms with Gasteiger partial charge in [0.25, 0.3) is 0 Å². The first kappa shape index (κ1) is 13.6. The van der Waals surface area contributed by atoms with Crippen LogP contribution in [0.3, 0.4) is 0 Å². The molecule has 0 unspecified atom stereocenters. The fourth-order valence-corrected chi connectivity index (χ4v) is 3.08. The summed E-state index contributed by atoms with van der Waals surface area (Å²) in [6.45, 7) is 0.810. The van der Waals surface area contributed by atoms with Crippen LogP contribution in [0, 0.1) is 0 Å². The monoisotopic (exact) mass is 306 g/mol. The molecule has 2 N–H and O–H groups in total. The van der Waals surface area contributed by atoms with Gasteiger partial charge >= 0.3 is 12.0 Å².